The molecule has 2 aromatic rings. The highest BCUT2D eigenvalue weighted by molar-refractivity contribution is 5.95. The number of anilines is 2. The largest absolute Gasteiger partial charge is 0.495 e. The van der Waals surface area contributed by atoms with E-state index >= 15 is 0 Å². The fourth-order valence-electron chi connectivity index (χ4n) is 5.00. The third-order valence-corrected chi connectivity index (χ3v) is 7.43. The zero-order valence-corrected chi connectivity index (χ0v) is 27.1. The number of piperidine rings is 1. The van der Waals surface area contributed by atoms with Gasteiger partial charge in [0.25, 0.3) is 5.91 Å². The van der Waals surface area contributed by atoms with Gasteiger partial charge in [-0.1, -0.05) is 39.0 Å². The maximum absolute atomic E-state index is 12.9. The van der Waals surface area contributed by atoms with Gasteiger partial charge in [0.1, 0.15) is 5.75 Å². The van der Waals surface area contributed by atoms with Crippen LogP contribution < -0.4 is 20.7 Å². The summed E-state index contributed by atoms with van der Waals surface area (Å²) < 4.78 is 44.0. The first kappa shape index (κ1) is 36.8. The highest BCUT2D eigenvalue weighted by Gasteiger charge is 2.33. The van der Waals surface area contributed by atoms with E-state index in [9.17, 15) is 22.8 Å². The van der Waals surface area contributed by atoms with Crippen molar-refractivity contribution in [3.63, 3.8) is 0 Å². The van der Waals surface area contributed by atoms with E-state index in [0.717, 1.165) is 38.0 Å². The second-order valence-corrected chi connectivity index (χ2v) is 11.9. The molecule has 9 nitrogen and oxygen atoms in total. The van der Waals surface area contributed by atoms with E-state index in [2.05, 4.69) is 44.8 Å². The maximum Gasteiger partial charge on any atom is 0.419 e. The van der Waals surface area contributed by atoms with Crippen LogP contribution in [0.25, 0.3) is 0 Å². The van der Waals surface area contributed by atoms with Crippen molar-refractivity contribution in [2.45, 2.75) is 97.8 Å². The smallest absolute Gasteiger partial charge is 0.419 e. The molecule has 2 fully saturated rings. The van der Waals surface area contributed by atoms with Crippen molar-refractivity contribution in [1.29, 1.82) is 0 Å². The Morgan fingerprint density at radius 1 is 1.07 bits per heavy atom. The monoisotopic (exact) mass is 622 g/mol. The number of nitrogens with one attached hydrogen (secondary N) is 3. The number of likely N-dealkylation sites (tertiary alicyclic amines) is 1. The lowest BCUT2D eigenvalue weighted by Gasteiger charge is -2.29. The van der Waals surface area contributed by atoms with Crippen LogP contribution in [-0.2, 0) is 11.0 Å². The SMILES string of the molecule is CC(=O)NC(C)C.CC1CCCCC1.COc1cc(C(=O)NC2CCN(C)CC2)ccc1Nc1ncc(C(F)(F)F)c(C)n1. The van der Waals surface area contributed by atoms with Crippen LogP contribution in [0.4, 0.5) is 24.8 Å². The number of benzene rings is 1. The van der Waals surface area contributed by atoms with Crippen molar-refractivity contribution in [2.24, 2.45) is 5.92 Å². The van der Waals surface area contributed by atoms with Crippen LogP contribution >= 0.6 is 0 Å². The van der Waals surface area contributed by atoms with Gasteiger partial charge < -0.3 is 25.6 Å². The van der Waals surface area contributed by atoms with Gasteiger partial charge in [-0.05, 0) is 77.9 Å². The number of hydrogen-bond acceptors (Lipinski definition) is 7. The number of aryl methyl sites for hydroxylation is 1. The van der Waals surface area contributed by atoms with Crippen LogP contribution in [-0.4, -0.2) is 66.0 Å². The lowest BCUT2D eigenvalue weighted by molar-refractivity contribution is -0.138. The molecule has 1 aliphatic carbocycles. The molecule has 0 radical (unpaired) electrons. The molecular formula is C32H49F3N6O3. The molecule has 1 aromatic heterocycles. The van der Waals surface area contributed by atoms with Crippen LogP contribution in [0.1, 0.15) is 94.3 Å². The number of rotatable bonds is 6. The number of methoxy groups -OCH3 is 1. The normalized spacial score (nSPS) is 16.2. The Morgan fingerprint density at radius 3 is 2.16 bits per heavy atom. The summed E-state index contributed by atoms with van der Waals surface area (Å²) in [6.07, 6.45) is 5.45. The molecule has 0 unspecified atom stereocenters. The molecule has 1 aliphatic heterocycles. The third-order valence-electron chi connectivity index (χ3n) is 7.43. The zero-order chi connectivity index (χ0) is 32.9. The van der Waals surface area contributed by atoms with Crippen molar-refractivity contribution in [3.05, 3.63) is 41.2 Å². The Labute approximate surface area is 259 Å². The molecule has 1 saturated heterocycles. The van der Waals surface area contributed by atoms with E-state index in [-0.39, 0.29) is 35.5 Å². The van der Waals surface area contributed by atoms with Crippen LogP contribution in [0.5, 0.6) is 5.75 Å². The highest BCUT2D eigenvalue weighted by Crippen LogP contribution is 2.32. The molecule has 2 heterocycles. The summed E-state index contributed by atoms with van der Waals surface area (Å²) in [7, 11) is 3.49. The quantitative estimate of drug-likeness (QED) is 0.338. The molecule has 2 amide bonds. The third kappa shape index (κ3) is 13.1. The molecular weight excluding hydrogens is 573 g/mol. The standard InChI is InChI=1S/C20H24F3N5O2.C7H14.C5H11NO/c1-12-15(20(21,22)23)11-24-19(25-12)27-16-5-4-13(10-17(16)30-3)18(29)26-14-6-8-28(2)9-7-14;1-7-5-3-2-4-6-7;1-4(2)6-5(3)7/h4-5,10-11,14H,6-9H2,1-3H3,(H,26,29)(H,24,25,27);7H,2-6H2,1H3;4H,1-3H3,(H,6,7). The van der Waals surface area contributed by atoms with Gasteiger partial charge in [0.2, 0.25) is 11.9 Å². The maximum atomic E-state index is 12.9. The molecule has 1 saturated carbocycles. The highest BCUT2D eigenvalue weighted by atomic mass is 19.4. The molecule has 1 aromatic carbocycles. The number of alkyl halides is 3. The minimum Gasteiger partial charge on any atom is -0.495 e. The van der Waals surface area contributed by atoms with Gasteiger partial charge in [-0.2, -0.15) is 13.2 Å². The fraction of sp³-hybridized carbons (Fsp3) is 0.625. The van der Waals surface area contributed by atoms with E-state index in [1.807, 2.05) is 13.8 Å². The molecule has 4 rings (SSSR count). The van der Waals surface area contributed by atoms with Crippen LogP contribution in [0.15, 0.2) is 24.4 Å². The van der Waals surface area contributed by atoms with Crippen molar-refractivity contribution in [2.75, 3.05) is 32.6 Å². The second kappa shape index (κ2) is 17.8. The van der Waals surface area contributed by atoms with Crippen molar-refractivity contribution in [1.82, 2.24) is 25.5 Å². The Morgan fingerprint density at radius 2 is 1.70 bits per heavy atom. The first-order valence-corrected chi connectivity index (χ1v) is 15.3. The van der Waals surface area contributed by atoms with E-state index in [0.29, 0.717) is 17.0 Å². The van der Waals surface area contributed by atoms with Gasteiger partial charge in [0, 0.05) is 30.8 Å². The number of aromatic nitrogens is 2. The summed E-state index contributed by atoms with van der Waals surface area (Å²) in [6.45, 7) is 10.9. The lowest BCUT2D eigenvalue weighted by Crippen LogP contribution is -2.43. The average Bonchev–Trinajstić information content (AvgIpc) is 2.94. The molecule has 3 N–H and O–H groups in total. The minimum absolute atomic E-state index is 0.00215. The van der Waals surface area contributed by atoms with Crippen molar-refractivity contribution >= 4 is 23.5 Å². The molecule has 0 spiro atoms. The number of hydrogen-bond donors (Lipinski definition) is 3. The summed E-state index contributed by atoms with van der Waals surface area (Å²) in [5.74, 6) is 1.23. The molecule has 246 valence electrons. The number of amides is 2. The number of halogens is 3. The molecule has 44 heavy (non-hydrogen) atoms. The van der Waals surface area contributed by atoms with Crippen LogP contribution in [0.3, 0.4) is 0 Å². The van der Waals surface area contributed by atoms with Gasteiger partial charge in [-0.15, -0.1) is 0 Å². The predicted octanol–water partition coefficient (Wildman–Crippen LogP) is 6.50. The van der Waals surface area contributed by atoms with E-state index in [4.69, 9.17) is 4.74 Å². The summed E-state index contributed by atoms with van der Waals surface area (Å²) >= 11 is 0. The molecule has 12 heteroatoms. The molecule has 2 aliphatic rings. The van der Waals surface area contributed by atoms with Crippen LogP contribution in [0, 0.1) is 12.8 Å². The number of carbonyl (C=O) groups excluding carboxylic acids is 2. The van der Waals surface area contributed by atoms with Crippen molar-refractivity contribution in [3.8, 4) is 5.75 Å². The van der Waals surface area contributed by atoms with Crippen molar-refractivity contribution < 1.29 is 27.5 Å². The van der Waals surface area contributed by atoms with Gasteiger partial charge in [-0.25, -0.2) is 9.97 Å². The van der Waals surface area contributed by atoms with Gasteiger partial charge in [-0.3, -0.25) is 9.59 Å². The predicted molar refractivity (Wildman–Crippen MR) is 167 cm³/mol. The fourth-order valence-corrected chi connectivity index (χ4v) is 5.00. The minimum atomic E-state index is -4.51. The Kier molecular flexibility index (Phi) is 14.9. The summed E-state index contributed by atoms with van der Waals surface area (Å²) in [5, 5.41) is 8.54. The van der Waals surface area contributed by atoms with Gasteiger partial charge >= 0.3 is 6.18 Å². The molecule has 0 bridgehead atoms. The summed E-state index contributed by atoms with van der Waals surface area (Å²) in [6, 6.07) is 5.20. The second-order valence-electron chi connectivity index (χ2n) is 11.9. The molecule has 0 atom stereocenters. The zero-order valence-electron chi connectivity index (χ0n) is 27.1. The number of nitrogens with zero attached hydrogens (tertiary/aromatic N) is 3. The average molecular weight is 623 g/mol. The summed E-state index contributed by atoms with van der Waals surface area (Å²) in [4.78, 5) is 32.5. The Bertz CT molecular complexity index is 1190. The van der Waals surface area contributed by atoms with E-state index in [1.54, 1.807) is 18.2 Å². The lowest BCUT2D eigenvalue weighted by atomic mass is 9.91. The first-order valence-electron chi connectivity index (χ1n) is 15.3. The Balaban J connectivity index is 0.000000396. The van der Waals surface area contributed by atoms with Gasteiger partial charge in [0.15, 0.2) is 0 Å². The first-order chi connectivity index (χ1) is 20.7. The van der Waals surface area contributed by atoms with E-state index < -0.39 is 11.7 Å². The Hall–Kier alpha value is -3.41. The topological polar surface area (TPSA) is 108 Å². The summed E-state index contributed by atoms with van der Waals surface area (Å²) in [5.41, 5.74) is -0.206. The number of ether oxygens (including phenoxy) is 1. The van der Waals surface area contributed by atoms with E-state index in [1.165, 1.54) is 53.1 Å². The number of carbonyl (C=O) groups is 2. The van der Waals surface area contributed by atoms with Gasteiger partial charge in [0.05, 0.1) is 24.1 Å². The van der Waals surface area contributed by atoms with Crippen LogP contribution in [0.2, 0.25) is 0 Å².